The molecule has 0 heterocycles. The van der Waals surface area contributed by atoms with Crippen LogP contribution in [0.3, 0.4) is 0 Å². The Morgan fingerprint density at radius 3 is 2.05 bits per heavy atom. The van der Waals surface area contributed by atoms with Crippen LogP contribution in [0.5, 0.6) is 0 Å². The van der Waals surface area contributed by atoms with Gasteiger partial charge in [-0.3, -0.25) is 0 Å². The normalized spacial score (nSPS) is 10.5. The number of anilines is 1. The lowest BCUT2D eigenvalue weighted by Gasteiger charge is -2.13. The molecule has 0 saturated heterocycles. The van der Waals surface area contributed by atoms with E-state index in [2.05, 4.69) is 68.7 Å². The summed E-state index contributed by atoms with van der Waals surface area (Å²) < 4.78 is 0. The number of aryl methyl sites for hydroxylation is 3. The standard InChI is InChI=1S/C17H21NS/c1-12-9-13(2)17(14(3)10-12)11-18-15-5-7-16(19-4)8-6-15/h5-10,18H,11H2,1-4H3. The van der Waals surface area contributed by atoms with Gasteiger partial charge in [0.25, 0.3) is 0 Å². The van der Waals surface area contributed by atoms with Gasteiger partial charge in [0, 0.05) is 17.1 Å². The van der Waals surface area contributed by atoms with E-state index in [9.17, 15) is 0 Å². The van der Waals surface area contributed by atoms with Crippen LogP contribution < -0.4 is 5.32 Å². The van der Waals surface area contributed by atoms with Crippen molar-refractivity contribution in [2.45, 2.75) is 32.2 Å². The van der Waals surface area contributed by atoms with Gasteiger partial charge in [0.15, 0.2) is 0 Å². The summed E-state index contributed by atoms with van der Waals surface area (Å²) in [6.45, 7) is 7.41. The van der Waals surface area contributed by atoms with Crippen LogP contribution >= 0.6 is 11.8 Å². The number of rotatable bonds is 4. The summed E-state index contributed by atoms with van der Waals surface area (Å²) in [6, 6.07) is 13.1. The Kier molecular flexibility index (Phi) is 4.54. The molecule has 2 rings (SSSR count). The van der Waals surface area contributed by atoms with Gasteiger partial charge >= 0.3 is 0 Å². The van der Waals surface area contributed by atoms with E-state index >= 15 is 0 Å². The molecule has 2 heteroatoms. The zero-order valence-corrected chi connectivity index (χ0v) is 12.9. The van der Waals surface area contributed by atoms with Crippen LogP contribution in [0.15, 0.2) is 41.3 Å². The monoisotopic (exact) mass is 271 g/mol. The molecule has 0 spiro atoms. The Morgan fingerprint density at radius 2 is 1.53 bits per heavy atom. The molecule has 0 saturated carbocycles. The van der Waals surface area contributed by atoms with Crippen molar-refractivity contribution in [1.29, 1.82) is 0 Å². The first-order valence-corrected chi connectivity index (χ1v) is 7.77. The van der Waals surface area contributed by atoms with Crippen molar-refractivity contribution in [3.05, 3.63) is 58.7 Å². The highest BCUT2D eigenvalue weighted by atomic mass is 32.2. The smallest absolute Gasteiger partial charge is 0.0406 e. The molecule has 0 bridgehead atoms. The molecule has 0 aliphatic carbocycles. The molecule has 0 aliphatic heterocycles. The number of thioether (sulfide) groups is 1. The summed E-state index contributed by atoms with van der Waals surface area (Å²) in [4.78, 5) is 1.30. The zero-order chi connectivity index (χ0) is 13.8. The fraction of sp³-hybridized carbons (Fsp3) is 0.294. The average Bonchev–Trinajstić information content (AvgIpc) is 2.38. The van der Waals surface area contributed by atoms with Crippen LogP contribution in [-0.2, 0) is 6.54 Å². The van der Waals surface area contributed by atoms with Crippen molar-refractivity contribution in [1.82, 2.24) is 0 Å². The van der Waals surface area contributed by atoms with Crippen molar-refractivity contribution < 1.29 is 0 Å². The largest absolute Gasteiger partial charge is 0.381 e. The van der Waals surface area contributed by atoms with Gasteiger partial charge in [-0.15, -0.1) is 11.8 Å². The zero-order valence-electron chi connectivity index (χ0n) is 12.1. The third-order valence-electron chi connectivity index (χ3n) is 3.40. The number of hydrogen-bond donors (Lipinski definition) is 1. The van der Waals surface area contributed by atoms with Gasteiger partial charge < -0.3 is 5.32 Å². The molecule has 0 radical (unpaired) electrons. The minimum Gasteiger partial charge on any atom is -0.381 e. The maximum atomic E-state index is 3.50. The molecule has 19 heavy (non-hydrogen) atoms. The maximum absolute atomic E-state index is 3.50. The summed E-state index contributed by atoms with van der Waals surface area (Å²) in [5, 5.41) is 3.50. The second-order valence-electron chi connectivity index (χ2n) is 4.96. The molecule has 1 N–H and O–H groups in total. The fourth-order valence-electron chi connectivity index (χ4n) is 2.39. The van der Waals surface area contributed by atoms with Crippen molar-refractivity contribution >= 4 is 17.4 Å². The molecule has 0 unspecified atom stereocenters. The van der Waals surface area contributed by atoms with Gasteiger partial charge in [-0.1, -0.05) is 17.7 Å². The second kappa shape index (κ2) is 6.16. The first kappa shape index (κ1) is 14.0. The van der Waals surface area contributed by atoms with Crippen LogP contribution in [0.2, 0.25) is 0 Å². The fourth-order valence-corrected chi connectivity index (χ4v) is 2.80. The lowest BCUT2D eigenvalue weighted by molar-refractivity contribution is 1.08. The summed E-state index contributed by atoms with van der Waals surface area (Å²) in [7, 11) is 0. The molecular weight excluding hydrogens is 250 g/mol. The molecular formula is C17H21NS. The maximum Gasteiger partial charge on any atom is 0.0406 e. The highest BCUT2D eigenvalue weighted by Crippen LogP contribution is 2.20. The molecule has 2 aromatic rings. The highest BCUT2D eigenvalue weighted by molar-refractivity contribution is 7.98. The Bertz CT molecular complexity index is 535. The topological polar surface area (TPSA) is 12.0 Å². The Morgan fingerprint density at radius 1 is 0.947 bits per heavy atom. The summed E-state index contributed by atoms with van der Waals surface area (Å²) in [5.74, 6) is 0. The predicted molar refractivity (Wildman–Crippen MR) is 86.2 cm³/mol. The summed E-state index contributed by atoms with van der Waals surface area (Å²) in [6.07, 6.45) is 2.10. The van der Waals surface area contributed by atoms with Gasteiger partial charge in [-0.2, -0.15) is 0 Å². The minimum atomic E-state index is 0.885. The lowest BCUT2D eigenvalue weighted by atomic mass is 10.00. The van der Waals surface area contributed by atoms with Crippen LogP contribution in [-0.4, -0.2) is 6.26 Å². The van der Waals surface area contributed by atoms with E-state index in [4.69, 9.17) is 0 Å². The second-order valence-corrected chi connectivity index (χ2v) is 5.84. The highest BCUT2D eigenvalue weighted by Gasteiger charge is 2.03. The average molecular weight is 271 g/mol. The van der Waals surface area contributed by atoms with Crippen molar-refractivity contribution in [3.63, 3.8) is 0 Å². The third kappa shape index (κ3) is 3.54. The Balaban J connectivity index is 2.10. The number of benzene rings is 2. The summed E-state index contributed by atoms with van der Waals surface area (Å²) in [5.41, 5.74) is 6.65. The van der Waals surface area contributed by atoms with E-state index in [1.54, 1.807) is 11.8 Å². The first-order chi connectivity index (χ1) is 9.10. The van der Waals surface area contributed by atoms with Crippen LogP contribution in [0.1, 0.15) is 22.3 Å². The molecule has 1 nitrogen and oxygen atoms in total. The van der Waals surface area contributed by atoms with E-state index in [0.717, 1.165) is 6.54 Å². The van der Waals surface area contributed by atoms with Gasteiger partial charge in [0.05, 0.1) is 0 Å². The van der Waals surface area contributed by atoms with Crippen molar-refractivity contribution in [2.24, 2.45) is 0 Å². The molecule has 0 aromatic heterocycles. The van der Waals surface area contributed by atoms with Crippen molar-refractivity contribution in [3.8, 4) is 0 Å². The summed E-state index contributed by atoms with van der Waals surface area (Å²) >= 11 is 1.77. The Labute approximate surface area is 120 Å². The van der Waals surface area contributed by atoms with Gasteiger partial charge in [0.1, 0.15) is 0 Å². The Hall–Kier alpha value is -1.41. The van der Waals surface area contributed by atoms with E-state index in [-0.39, 0.29) is 0 Å². The van der Waals surface area contributed by atoms with E-state index in [0.29, 0.717) is 0 Å². The van der Waals surface area contributed by atoms with Crippen LogP contribution in [0, 0.1) is 20.8 Å². The molecule has 0 atom stereocenters. The van der Waals surface area contributed by atoms with E-state index in [1.165, 1.54) is 32.8 Å². The number of nitrogens with one attached hydrogen (secondary N) is 1. The van der Waals surface area contributed by atoms with E-state index < -0.39 is 0 Å². The molecule has 0 fully saturated rings. The predicted octanol–water partition coefficient (Wildman–Crippen LogP) is 4.95. The first-order valence-electron chi connectivity index (χ1n) is 6.55. The van der Waals surface area contributed by atoms with Gasteiger partial charge in [-0.05, 0) is 68.0 Å². The molecule has 0 amide bonds. The van der Waals surface area contributed by atoms with Gasteiger partial charge in [0.2, 0.25) is 0 Å². The molecule has 0 aliphatic rings. The van der Waals surface area contributed by atoms with Crippen molar-refractivity contribution in [2.75, 3.05) is 11.6 Å². The lowest BCUT2D eigenvalue weighted by Crippen LogP contribution is -2.04. The third-order valence-corrected chi connectivity index (χ3v) is 4.14. The molecule has 100 valence electrons. The van der Waals surface area contributed by atoms with Gasteiger partial charge in [-0.25, -0.2) is 0 Å². The SMILES string of the molecule is CSc1ccc(NCc2c(C)cc(C)cc2C)cc1. The van der Waals surface area contributed by atoms with Crippen LogP contribution in [0.4, 0.5) is 5.69 Å². The number of hydrogen-bond acceptors (Lipinski definition) is 2. The van der Waals surface area contributed by atoms with Crippen LogP contribution in [0.25, 0.3) is 0 Å². The quantitative estimate of drug-likeness (QED) is 0.790. The van der Waals surface area contributed by atoms with E-state index in [1.807, 2.05) is 0 Å². The molecule has 2 aromatic carbocycles. The minimum absolute atomic E-state index is 0.885.